The molecule has 1 aromatic heterocycles. The Kier molecular flexibility index (Phi) is 4.64. The van der Waals surface area contributed by atoms with Gasteiger partial charge in [-0.2, -0.15) is 5.10 Å². The largest absolute Gasteiger partial charge is 0.508 e. The number of methoxy groups -OCH3 is 1. The predicted molar refractivity (Wildman–Crippen MR) is 119 cm³/mol. The minimum absolute atomic E-state index is 0.161. The first-order chi connectivity index (χ1) is 15.1. The van der Waals surface area contributed by atoms with Gasteiger partial charge in [-0.05, 0) is 54.1 Å². The molecule has 1 aliphatic heterocycles. The van der Waals surface area contributed by atoms with Crippen molar-refractivity contribution >= 4 is 23.2 Å². The molecule has 1 aliphatic rings. The summed E-state index contributed by atoms with van der Waals surface area (Å²) in [5, 5.41) is 17.8. The van der Waals surface area contributed by atoms with Gasteiger partial charge in [-0.25, -0.2) is 0 Å². The van der Waals surface area contributed by atoms with Crippen LogP contribution >= 0.6 is 11.6 Å². The van der Waals surface area contributed by atoms with E-state index in [-0.39, 0.29) is 11.7 Å². The van der Waals surface area contributed by atoms with Crippen molar-refractivity contribution in [3.63, 3.8) is 0 Å². The molecule has 1 amide bonds. The third-order valence-electron chi connectivity index (χ3n) is 5.45. The molecule has 6 nitrogen and oxygen atoms in total. The molecule has 0 unspecified atom stereocenters. The van der Waals surface area contributed by atoms with Crippen LogP contribution < -0.4 is 9.64 Å². The molecule has 0 bridgehead atoms. The molecule has 0 saturated heterocycles. The summed E-state index contributed by atoms with van der Waals surface area (Å²) < 4.78 is 5.26. The van der Waals surface area contributed by atoms with Gasteiger partial charge in [0.25, 0.3) is 5.91 Å². The van der Waals surface area contributed by atoms with Crippen LogP contribution in [0, 0.1) is 0 Å². The summed E-state index contributed by atoms with van der Waals surface area (Å²) in [7, 11) is 1.60. The maximum absolute atomic E-state index is 13.5. The van der Waals surface area contributed by atoms with Crippen LogP contribution in [0.4, 0.5) is 5.69 Å². The molecule has 7 heteroatoms. The molecule has 31 heavy (non-hydrogen) atoms. The molecule has 4 aromatic rings. The highest BCUT2D eigenvalue weighted by Gasteiger charge is 2.43. The van der Waals surface area contributed by atoms with E-state index in [2.05, 4.69) is 10.2 Å². The van der Waals surface area contributed by atoms with Crippen molar-refractivity contribution in [3.8, 4) is 22.8 Å². The maximum atomic E-state index is 13.5. The zero-order valence-corrected chi connectivity index (χ0v) is 17.3. The lowest BCUT2D eigenvalue weighted by Gasteiger charge is -2.26. The van der Waals surface area contributed by atoms with Gasteiger partial charge in [0.2, 0.25) is 0 Å². The number of aromatic amines is 1. The highest BCUT2D eigenvalue weighted by molar-refractivity contribution is 6.30. The lowest BCUT2D eigenvalue weighted by molar-refractivity contribution is 0.0988. The minimum Gasteiger partial charge on any atom is -0.508 e. The van der Waals surface area contributed by atoms with Crippen LogP contribution in [0.3, 0.4) is 0 Å². The van der Waals surface area contributed by atoms with Crippen molar-refractivity contribution in [2.45, 2.75) is 6.04 Å². The summed E-state index contributed by atoms with van der Waals surface area (Å²) in [6.07, 6.45) is 0. The molecule has 3 aromatic carbocycles. The fourth-order valence-electron chi connectivity index (χ4n) is 3.96. The van der Waals surface area contributed by atoms with E-state index in [0.29, 0.717) is 22.2 Å². The number of aromatic hydroxyl groups is 1. The zero-order chi connectivity index (χ0) is 21.5. The minimum atomic E-state index is -0.416. The second-order valence-corrected chi connectivity index (χ2v) is 7.67. The Morgan fingerprint density at radius 3 is 2.32 bits per heavy atom. The number of phenolic OH excluding ortho intramolecular Hbond substituents is 1. The van der Waals surface area contributed by atoms with Gasteiger partial charge in [-0.3, -0.25) is 14.8 Å². The Bertz CT molecular complexity index is 1250. The number of carbonyl (C=O) groups is 1. The highest BCUT2D eigenvalue weighted by Crippen LogP contribution is 2.45. The van der Waals surface area contributed by atoms with Gasteiger partial charge in [-0.15, -0.1) is 0 Å². The first kappa shape index (κ1) is 19.2. The first-order valence-corrected chi connectivity index (χ1v) is 10.1. The van der Waals surface area contributed by atoms with Gasteiger partial charge in [0.1, 0.15) is 17.2 Å². The summed E-state index contributed by atoms with van der Waals surface area (Å²) in [6, 6.07) is 21.2. The fourth-order valence-corrected chi connectivity index (χ4v) is 4.08. The summed E-state index contributed by atoms with van der Waals surface area (Å²) >= 11 is 6.06. The molecule has 2 N–H and O–H groups in total. The Balaban J connectivity index is 1.69. The molecule has 5 rings (SSSR count). The van der Waals surface area contributed by atoms with Crippen molar-refractivity contribution in [1.29, 1.82) is 0 Å². The van der Waals surface area contributed by atoms with Crippen LogP contribution in [0.2, 0.25) is 5.02 Å². The van der Waals surface area contributed by atoms with Gasteiger partial charge >= 0.3 is 0 Å². The van der Waals surface area contributed by atoms with E-state index in [9.17, 15) is 9.90 Å². The molecule has 0 saturated carbocycles. The van der Waals surface area contributed by atoms with Crippen molar-refractivity contribution in [2.75, 3.05) is 12.0 Å². The Morgan fingerprint density at radius 2 is 1.68 bits per heavy atom. The number of halogens is 1. The highest BCUT2D eigenvalue weighted by atomic mass is 35.5. The number of carbonyl (C=O) groups excluding carboxylic acids is 1. The monoisotopic (exact) mass is 431 g/mol. The summed E-state index contributed by atoms with van der Waals surface area (Å²) in [4.78, 5) is 15.2. The Morgan fingerprint density at radius 1 is 1.00 bits per heavy atom. The van der Waals surface area contributed by atoms with Gasteiger partial charge in [-0.1, -0.05) is 35.9 Å². The van der Waals surface area contributed by atoms with E-state index >= 15 is 0 Å². The molecule has 1 atom stereocenters. The third-order valence-corrected chi connectivity index (χ3v) is 5.70. The number of nitrogens with zero attached hydrogens (tertiary/aromatic N) is 2. The van der Waals surface area contributed by atoms with Crippen LogP contribution in [0.25, 0.3) is 11.3 Å². The number of benzene rings is 3. The van der Waals surface area contributed by atoms with Crippen LogP contribution in [0.15, 0.2) is 72.8 Å². The first-order valence-electron chi connectivity index (χ1n) is 9.67. The number of anilines is 1. The van der Waals surface area contributed by atoms with E-state index in [1.54, 1.807) is 36.3 Å². The van der Waals surface area contributed by atoms with Crippen LogP contribution in [-0.2, 0) is 0 Å². The standard InChI is InChI=1S/C24H18ClN3O3/c1-31-19-12-8-17(9-13-19)28-23(15-4-10-18(29)11-5-15)20-21(26-27-22(20)24(28)30)14-2-6-16(25)7-3-14/h2-13,23,29H,1H3,(H,26,27)/t23-/m1/s1. The van der Waals surface area contributed by atoms with E-state index < -0.39 is 6.04 Å². The fraction of sp³-hybridized carbons (Fsp3) is 0.0833. The molecule has 0 fully saturated rings. The molecule has 0 spiro atoms. The number of amides is 1. The average Bonchev–Trinajstić information content (AvgIpc) is 3.34. The van der Waals surface area contributed by atoms with Crippen molar-refractivity contribution in [2.24, 2.45) is 0 Å². The number of hydrogen-bond acceptors (Lipinski definition) is 4. The Labute approximate surface area is 183 Å². The van der Waals surface area contributed by atoms with Crippen molar-refractivity contribution < 1.29 is 14.6 Å². The van der Waals surface area contributed by atoms with Gasteiger partial charge in [0, 0.05) is 21.8 Å². The molecule has 0 aliphatic carbocycles. The van der Waals surface area contributed by atoms with Gasteiger partial charge < -0.3 is 9.84 Å². The molecule has 0 radical (unpaired) electrons. The number of hydrogen-bond donors (Lipinski definition) is 2. The smallest absolute Gasteiger partial charge is 0.277 e. The summed E-state index contributed by atoms with van der Waals surface area (Å²) in [6.45, 7) is 0. The number of H-pyrrole nitrogens is 1. The summed E-state index contributed by atoms with van der Waals surface area (Å²) in [5.41, 5.74) is 4.37. The zero-order valence-electron chi connectivity index (χ0n) is 16.5. The number of phenols is 1. The number of rotatable bonds is 4. The second kappa shape index (κ2) is 7.49. The SMILES string of the molecule is COc1ccc(N2C(=O)c3[nH]nc(-c4ccc(Cl)cc4)c3[C@H]2c2ccc(O)cc2)cc1. The van der Waals surface area contributed by atoms with E-state index in [0.717, 1.165) is 22.4 Å². The van der Waals surface area contributed by atoms with Crippen LogP contribution in [0.5, 0.6) is 11.5 Å². The maximum Gasteiger partial charge on any atom is 0.277 e. The van der Waals surface area contributed by atoms with E-state index in [1.807, 2.05) is 48.5 Å². The second-order valence-electron chi connectivity index (χ2n) is 7.24. The lowest BCUT2D eigenvalue weighted by atomic mass is 9.96. The number of fused-ring (bicyclic) bond motifs is 1. The normalized spacial score (nSPS) is 15.2. The molecule has 154 valence electrons. The van der Waals surface area contributed by atoms with Gasteiger partial charge in [0.05, 0.1) is 18.8 Å². The number of ether oxygens (including phenoxy) is 1. The molecular weight excluding hydrogens is 414 g/mol. The summed E-state index contributed by atoms with van der Waals surface area (Å²) in [5.74, 6) is 0.694. The third kappa shape index (κ3) is 3.21. The van der Waals surface area contributed by atoms with Crippen molar-refractivity contribution in [1.82, 2.24) is 10.2 Å². The van der Waals surface area contributed by atoms with Crippen LogP contribution in [-0.4, -0.2) is 28.3 Å². The molecule has 2 heterocycles. The number of aromatic nitrogens is 2. The average molecular weight is 432 g/mol. The Hall–Kier alpha value is -3.77. The van der Waals surface area contributed by atoms with Crippen LogP contribution in [0.1, 0.15) is 27.7 Å². The van der Waals surface area contributed by atoms with E-state index in [4.69, 9.17) is 16.3 Å². The van der Waals surface area contributed by atoms with Gasteiger partial charge in [0.15, 0.2) is 0 Å². The predicted octanol–water partition coefficient (Wildman–Crippen LogP) is 5.19. The quantitative estimate of drug-likeness (QED) is 0.466. The molecular formula is C24H18ClN3O3. The van der Waals surface area contributed by atoms with E-state index in [1.165, 1.54) is 0 Å². The van der Waals surface area contributed by atoms with Crippen molar-refractivity contribution in [3.05, 3.63) is 94.6 Å². The topological polar surface area (TPSA) is 78.5 Å². The lowest BCUT2D eigenvalue weighted by Crippen LogP contribution is -2.29. The number of nitrogens with one attached hydrogen (secondary N) is 1.